The largest absolute Gasteiger partial charge is 0.481 e. The van der Waals surface area contributed by atoms with Gasteiger partial charge >= 0.3 is 0 Å². The maximum Gasteiger partial charge on any atom is 0.265 e. The Balaban J connectivity index is 1.99. The van der Waals surface area contributed by atoms with Gasteiger partial charge in [0.05, 0.1) is 10.6 Å². The SMILES string of the molecule is CCS(=O)(=O)c1ccc(NC(=O)C(C)Oc2ccc(F)cc2)cc1. The molecule has 5 nitrogen and oxygen atoms in total. The second kappa shape index (κ2) is 7.44. The molecule has 1 N–H and O–H groups in total. The molecule has 0 bridgehead atoms. The third kappa shape index (κ3) is 4.55. The molecular formula is C17H18FNO4S. The van der Waals surface area contributed by atoms with Gasteiger partial charge in [0.1, 0.15) is 11.6 Å². The van der Waals surface area contributed by atoms with Gasteiger partial charge in [0.25, 0.3) is 5.91 Å². The van der Waals surface area contributed by atoms with Crippen LogP contribution in [0, 0.1) is 5.82 Å². The number of amides is 1. The van der Waals surface area contributed by atoms with Crippen LogP contribution in [0.15, 0.2) is 53.4 Å². The van der Waals surface area contributed by atoms with Crippen LogP contribution in [0.5, 0.6) is 5.75 Å². The van der Waals surface area contributed by atoms with Gasteiger partial charge in [-0.05, 0) is 55.5 Å². The summed E-state index contributed by atoms with van der Waals surface area (Å²) in [6.07, 6.45) is -0.797. The molecule has 1 atom stereocenters. The Hall–Kier alpha value is -2.41. The number of nitrogens with one attached hydrogen (secondary N) is 1. The number of hydrogen-bond acceptors (Lipinski definition) is 4. The molecule has 2 aromatic carbocycles. The van der Waals surface area contributed by atoms with Gasteiger partial charge in [-0.25, -0.2) is 12.8 Å². The highest BCUT2D eigenvalue weighted by Gasteiger charge is 2.16. The minimum Gasteiger partial charge on any atom is -0.481 e. The molecule has 0 spiro atoms. The fourth-order valence-corrected chi connectivity index (χ4v) is 2.81. The van der Waals surface area contributed by atoms with Crippen LogP contribution in [0.25, 0.3) is 0 Å². The quantitative estimate of drug-likeness (QED) is 0.868. The van der Waals surface area contributed by atoms with Crippen molar-refractivity contribution in [1.29, 1.82) is 0 Å². The first-order valence-electron chi connectivity index (χ1n) is 7.37. The van der Waals surface area contributed by atoms with Crippen molar-refractivity contribution in [3.8, 4) is 5.75 Å². The molecule has 1 amide bonds. The third-order valence-corrected chi connectivity index (χ3v) is 5.11. The summed E-state index contributed by atoms with van der Waals surface area (Å²) in [7, 11) is -3.27. The number of rotatable bonds is 6. The van der Waals surface area contributed by atoms with Gasteiger partial charge in [-0.1, -0.05) is 6.92 Å². The molecule has 0 saturated carbocycles. The van der Waals surface area contributed by atoms with Crippen molar-refractivity contribution in [1.82, 2.24) is 0 Å². The van der Waals surface area contributed by atoms with E-state index in [4.69, 9.17) is 4.74 Å². The molecule has 2 rings (SSSR count). The van der Waals surface area contributed by atoms with Crippen molar-refractivity contribution in [3.63, 3.8) is 0 Å². The van der Waals surface area contributed by atoms with Crippen LogP contribution in [0.3, 0.4) is 0 Å². The molecule has 128 valence electrons. The lowest BCUT2D eigenvalue weighted by Gasteiger charge is -2.15. The van der Waals surface area contributed by atoms with Gasteiger partial charge in [-0.15, -0.1) is 0 Å². The van der Waals surface area contributed by atoms with Gasteiger partial charge in [-0.2, -0.15) is 0 Å². The Morgan fingerprint density at radius 2 is 1.71 bits per heavy atom. The normalized spacial score (nSPS) is 12.5. The summed E-state index contributed by atoms with van der Waals surface area (Å²) in [4.78, 5) is 12.3. The number of halogens is 1. The fourth-order valence-electron chi connectivity index (χ4n) is 1.93. The topological polar surface area (TPSA) is 72.5 Å². The highest BCUT2D eigenvalue weighted by atomic mass is 32.2. The zero-order valence-corrected chi connectivity index (χ0v) is 14.1. The standard InChI is InChI=1S/C17H18FNO4S/c1-3-24(21,22)16-10-6-14(7-11-16)19-17(20)12(2)23-15-8-4-13(18)5-9-15/h4-12H,3H2,1-2H3,(H,19,20). The number of hydrogen-bond donors (Lipinski definition) is 1. The lowest BCUT2D eigenvalue weighted by molar-refractivity contribution is -0.122. The van der Waals surface area contributed by atoms with Crippen molar-refractivity contribution in [2.75, 3.05) is 11.1 Å². The molecule has 0 aromatic heterocycles. The van der Waals surface area contributed by atoms with Crippen molar-refractivity contribution in [2.45, 2.75) is 24.8 Å². The van der Waals surface area contributed by atoms with Crippen LogP contribution in [0.4, 0.5) is 10.1 Å². The molecule has 1 unspecified atom stereocenters. The van der Waals surface area contributed by atoms with E-state index >= 15 is 0 Å². The summed E-state index contributed by atoms with van der Waals surface area (Å²) in [6.45, 7) is 3.13. The van der Waals surface area contributed by atoms with Crippen LogP contribution in [-0.4, -0.2) is 26.2 Å². The molecule has 0 heterocycles. The van der Waals surface area contributed by atoms with Crippen LogP contribution in [0.1, 0.15) is 13.8 Å². The third-order valence-electron chi connectivity index (χ3n) is 3.36. The van der Waals surface area contributed by atoms with Crippen molar-refractivity contribution >= 4 is 21.4 Å². The highest BCUT2D eigenvalue weighted by molar-refractivity contribution is 7.91. The summed E-state index contributed by atoms with van der Waals surface area (Å²) in [5.74, 6) is -0.392. The number of ether oxygens (including phenoxy) is 1. The molecular weight excluding hydrogens is 333 g/mol. The highest BCUT2D eigenvalue weighted by Crippen LogP contribution is 2.17. The van der Waals surface area contributed by atoms with Crippen molar-refractivity contribution < 1.29 is 22.3 Å². The Bertz CT molecular complexity index is 801. The van der Waals surface area contributed by atoms with Gasteiger partial charge < -0.3 is 10.1 Å². The second-order valence-corrected chi connectivity index (χ2v) is 7.41. The number of carbonyl (C=O) groups excluding carboxylic acids is 1. The summed E-state index contributed by atoms with van der Waals surface area (Å²) < 4.78 is 41.7. The van der Waals surface area contributed by atoms with E-state index < -0.39 is 21.8 Å². The zero-order chi connectivity index (χ0) is 17.7. The van der Waals surface area contributed by atoms with E-state index in [1.54, 1.807) is 13.8 Å². The van der Waals surface area contributed by atoms with Crippen LogP contribution in [-0.2, 0) is 14.6 Å². The van der Waals surface area contributed by atoms with Gasteiger partial charge in [-0.3, -0.25) is 4.79 Å². The second-order valence-electron chi connectivity index (χ2n) is 5.13. The predicted octanol–water partition coefficient (Wildman–Crippen LogP) is 3.03. The van der Waals surface area contributed by atoms with Crippen LogP contribution >= 0.6 is 0 Å². The summed E-state index contributed by atoms with van der Waals surface area (Å²) in [5, 5.41) is 2.64. The molecule has 0 aliphatic carbocycles. The first-order chi connectivity index (χ1) is 11.3. The summed E-state index contributed by atoms with van der Waals surface area (Å²) >= 11 is 0. The molecule has 0 radical (unpaired) electrons. The number of benzene rings is 2. The lowest BCUT2D eigenvalue weighted by atomic mass is 10.3. The number of anilines is 1. The summed E-state index contributed by atoms with van der Waals surface area (Å²) in [6, 6.07) is 11.3. The maximum atomic E-state index is 12.8. The first-order valence-corrected chi connectivity index (χ1v) is 9.03. The molecule has 0 fully saturated rings. The number of sulfone groups is 1. The molecule has 0 aliphatic rings. The molecule has 0 saturated heterocycles. The zero-order valence-electron chi connectivity index (χ0n) is 13.3. The van der Waals surface area contributed by atoms with E-state index in [1.165, 1.54) is 48.5 Å². The Kier molecular flexibility index (Phi) is 5.56. The number of carbonyl (C=O) groups is 1. The lowest BCUT2D eigenvalue weighted by Crippen LogP contribution is -2.30. The van der Waals surface area contributed by atoms with Gasteiger partial charge in [0.2, 0.25) is 0 Å². The molecule has 2 aromatic rings. The Morgan fingerprint density at radius 1 is 1.12 bits per heavy atom. The fraction of sp³-hybridized carbons (Fsp3) is 0.235. The van der Waals surface area contributed by atoms with Gasteiger partial charge in [0, 0.05) is 5.69 Å². The summed E-state index contributed by atoms with van der Waals surface area (Å²) in [5.41, 5.74) is 0.463. The van der Waals surface area contributed by atoms with E-state index in [9.17, 15) is 17.6 Å². The minimum atomic E-state index is -3.27. The molecule has 0 aliphatic heterocycles. The smallest absolute Gasteiger partial charge is 0.265 e. The van der Waals surface area contributed by atoms with Crippen molar-refractivity contribution in [2.24, 2.45) is 0 Å². The average molecular weight is 351 g/mol. The monoisotopic (exact) mass is 351 g/mol. The van der Waals surface area contributed by atoms with Crippen LogP contribution in [0.2, 0.25) is 0 Å². The van der Waals surface area contributed by atoms with E-state index in [-0.39, 0.29) is 16.5 Å². The van der Waals surface area contributed by atoms with E-state index in [0.29, 0.717) is 11.4 Å². The van der Waals surface area contributed by atoms with E-state index in [2.05, 4.69) is 5.32 Å². The van der Waals surface area contributed by atoms with E-state index in [0.717, 1.165) is 0 Å². The van der Waals surface area contributed by atoms with E-state index in [1.807, 2.05) is 0 Å². The molecule has 24 heavy (non-hydrogen) atoms. The minimum absolute atomic E-state index is 0.0151. The maximum absolute atomic E-state index is 12.8. The average Bonchev–Trinajstić information content (AvgIpc) is 2.57. The Morgan fingerprint density at radius 3 is 2.25 bits per heavy atom. The van der Waals surface area contributed by atoms with Crippen LogP contribution < -0.4 is 10.1 Å². The molecule has 7 heteroatoms. The van der Waals surface area contributed by atoms with Gasteiger partial charge in [0.15, 0.2) is 15.9 Å². The predicted molar refractivity (Wildman–Crippen MR) is 89.3 cm³/mol. The van der Waals surface area contributed by atoms with Crippen molar-refractivity contribution in [3.05, 3.63) is 54.3 Å². The Labute approximate surface area is 140 Å². The first kappa shape index (κ1) is 17.9.